The third-order valence-corrected chi connectivity index (χ3v) is 4.40. The fourth-order valence-electron chi connectivity index (χ4n) is 2.50. The molecular weight excluding hydrogens is 234 g/mol. The molecule has 1 aliphatic rings. The van der Waals surface area contributed by atoms with Crippen molar-refractivity contribution in [1.82, 2.24) is 5.32 Å². The van der Waals surface area contributed by atoms with Crippen molar-refractivity contribution in [1.29, 1.82) is 0 Å². The Balaban J connectivity index is 1.72. The van der Waals surface area contributed by atoms with Gasteiger partial charge in [0.05, 0.1) is 6.42 Å². The SMILES string of the molecule is O=C(Cc1cccs1)NCC1CCCC1CO. The third-order valence-electron chi connectivity index (χ3n) is 3.53. The van der Waals surface area contributed by atoms with Crippen molar-refractivity contribution in [3.8, 4) is 0 Å². The van der Waals surface area contributed by atoms with Crippen LogP contribution in [0.4, 0.5) is 0 Å². The Hall–Kier alpha value is -0.870. The molecule has 4 heteroatoms. The first kappa shape index (κ1) is 12.6. The molecule has 0 aromatic carbocycles. The molecule has 1 aromatic heterocycles. The predicted molar refractivity (Wildman–Crippen MR) is 68.9 cm³/mol. The van der Waals surface area contributed by atoms with Crippen molar-refractivity contribution in [2.24, 2.45) is 11.8 Å². The summed E-state index contributed by atoms with van der Waals surface area (Å²) < 4.78 is 0. The van der Waals surface area contributed by atoms with E-state index in [2.05, 4.69) is 5.32 Å². The van der Waals surface area contributed by atoms with E-state index in [0.29, 0.717) is 18.3 Å². The predicted octanol–water partition coefficient (Wildman–Crippen LogP) is 1.82. The van der Waals surface area contributed by atoms with Crippen molar-refractivity contribution in [3.05, 3.63) is 22.4 Å². The van der Waals surface area contributed by atoms with E-state index in [0.717, 1.165) is 24.3 Å². The van der Waals surface area contributed by atoms with Gasteiger partial charge in [0.15, 0.2) is 0 Å². The van der Waals surface area contributed by atoms with Gasteiger partial charge in [-0.3, -0.25) is 4.79 Å². The van der Waals surface area contributed by atoms with Gasteiger partial charge < -0.3 is 10.4 Å². The highest BCUT2D eigenvalue weighted by molar-refractivity contribution is 7.10. The number of carbonyl (C=O) groups is 1. The highest BCUT2D eigenvalue weighted by Gasteiger charge is 2.26. The number of carbonyl (C=O) groups excluding carboxylic acids is 1. The average molecular weight is 253 g/mol. The lowest BCUT2D eigenvalue weighted by molar-refractivity contribution is -0.120. The number of hydrogen-bond acceptors (Lipinski definition) is 3. The lowest BCUT2D eigenvalue weighted by atomic mass is 9.97. The molecule has 3 nitrogen and oxygen atoms in total. The van der Waals surface area contributed by atoms with Crippen molar-refractivity contribution >= 4 is 17.2 Å². The van der Waals surface area contributed by atoms with Crippen LogP contribution in [0.15, 0.2) is 17.5 Å². The summed E-state index contributed by atoms with van der Waals surface area (Å²) >= 11 is 1.61. The quantitative estimate of drug-likeness (QED) is 0.841. The van der Waals surface area contributed by atoms with Crippen LogP contribution in [0.1, 0.15) is 24.1 Å². The van der Waals surface area contributed by atoms with Gasteiger partial charge in [0.25, 0.3) is 0 Å². The topological polar surface area (TPSA) is 49.3 Å². The first-order chi connectivity index (χ1) is 8.29. The molecule has 0 bridgehead atoms. The number of amides is 1. The van der Waals surface area contributed by atoms with Gasteiger partial charge in [-0.2, -0.15) is 0 Å². The molecule has 2 rings (SSSR count). The van der Waals surface area contributed by atoms with Crippen LogP contribution < -0.4 is 5.32 Å². The molecule has 1 aromatic rings. The monoisotopic (exact) mass is 253 g/mol. The Bertz CT molecular complexity index is 350. The lowest BCUT2D eigenvalue weighted by Gasteiger charge is -2.17. The summed E-state index contributed by atoms with van der Waals surface area (Å²) in [5.74, 6) is 0.945. The maximum Gasteiger partial charge on any atom is 0.225 e. The number of hydrogen-bond donors (Lipinski definition) is 2. The van der Waals surface area contributed by atoms with E-state index in [-0.39, 0.29) is 12.5 Å². The van der Waals surface area contributed by atoms with Crippen LogP contribution >= 0.6 is 11.3 Å². The Morgan fingerprint density at radius 2 is 2.29 bits per heavy atom. The summed E-state index contributed by atoms with van der Waals surface area (Å²) in [7, 11) is 0. The van der Waals surface area contributed by atoms with Crippen molar-refractivity contribution < 1.29 is 9.90 Å². The zero-order chi connectivity index (χ0) is 12.1. The lowest BCUT2D eigenvalue weighted by Crippen LogP contribution is -2.32. The first-order valence-corrected chi connectivity index (χ1v) is 7.07. The highest BCUT2D eigenvalue weighted by Crippen LogP contribution is 2.30. The van der Waals surface area contributed by atoms with Crippen LogP contribution in [0.2, 0.25) is 0 Å². The molecule has 0 spiro atoms. The van der Waals surface area contributed by atoms with E-state index < -0.39 is 0 Å². The minimum atomic E-state index is 0.0936. The van der Waals surface area contributed by atoms with Gasteiger partial charge in [0.1, 0.15) is 0 Å². The van der Waals surface area contributed by atoms with Crippen LogP contribution in [0.25, 0.3) is 0 Å². The molecular formula is C13H19NO2S. The molecule has 0 aliphatic heterocycles. The van der Waals surface area contributed by atoms with E-state index >= 15 is 0 Å². The fourth-order valence-corrected chi connectivity index (χ4v) is 3.21. The smallest absolute Gasteiger partial charge is 0.225 e. The Morgan fingerprint density at radius 1 is 1.47 bits per heavy atom. The summed E-state index contributed by atoms with van der Waals surface area (Å²) in [5.41, 5.74) is 0. The van der Waals surface area contributed by atoms with Gasteiger partial charge in [-0.1, -0.05) is 12.5 Å². The number of aliphatic hydroxyl groups is 1. The standard InChI is InChI=1S/C13H19NO2S/c15-9-11-4-1-3-10(11)8-14-13(16)7-12-5-2-6-17-12/h2,5-6,10-11,15H,1,3-4,7-9H2,(H,14,16). The van der Waals surface area contributed by atoms with Crippen LogP contribution in [-0.2, 0) is 11.2 Å². The number of thiophene rings is 1. The fraction of sp³-hybridized carbons (Fsp3) is 0.615. The van der Waals surface area contributed by atoms with Gasteiger partial charge in [0.2, 0.25) is 5.91 Å². The minimum Gasteiger partial charge on any atom is -0.396 e. The molecule has 0 radical (unpaired) electrons. The van der Waals surface area contributed by atoms with Crippen LogP contribution in [0, 0.1) is 11.8 Å². The molecule has 17 heavy (non-hydrogen) atoms. The maximum absolute atomic E-state index is 11.7. The zero-order valence-corrected chi connectivity index (χ0v) is 10.7. The Morgan fingerprint density at radius 3 is 3.00 bits per heavy atom. The normalized spacial score (nSPS) is 23.8. The van der Waals surface area contributed by atoms with Crippen molar-refractivity contribution in [2.75, 3.05) is 13.2 Å². The van der Waals surface area contributed by atoms with Crippen LogP contribution in [0.3, 0.4) is 0 Å². The van der Waals surface area contributed by atoms with Crippen molar-refractivity contribution in [3.63, 3.8) is 0 Å². The first-order valence-electron chi connectivity index (χ1n) is 6.19. The second kappa shape index (κ2) is 6.17. The number of aliphatic hydroxyl groups excluding tert-OH is 1. The molecule has 1 aliphatic carbocycles. The largest absolute Gasteiger partial charge is 0.396 e. The van der Waals surface area contributed by atoms with Crippen molar-refractivity contribution in [2.45, 2.75) is 25.7 Å². The van der Waals surface area contributed by atoms with E-state index in [4.69, 9.17) is 0 Å². The van der Waals surface area contributed by atoms with Gasteiger partial charge >= 0.3 is 0 Å². The van der Waals surface area contributed by atoms with E-state index in [9.17, 15) is 9.90 Å². The number of nitrogens with one attached hydrogen (secondary N) is 1. The molecule has 2 atom stereocenters. The Labute approximate surface area is 106 Å². The van der Waals surface area contributed by atoms with E-state index in [1.165, 1.54) is 6.42 Å². The third kappa shape index (κ3) is 3.54. The molecule has 1 saturated carbocycles. The molecule has 2 N–H and O–H groups in total. The maximum atomic E-state index is 11.7. The minimum absolute atomic E-state index is 0.0936. The number of rotatable bonds is 5. The van der Waals surface area contributed by atoms with Gasteiger partial charge in [-0.15, -0.1) is 11.3 Å². The summed E-state index contributed by atoms with van der Waals surface area (Å²) in [4.78, 5) is 12.8. The summed E-state index contributed by atoms with van der Waals surface area (Å²) in [6.45, 7) is 0.973. The summed E-state index contributed by atoms with van der Waals surface area (Å²) in [6.07, 6.45) is 3.89. The molecule has 1 heterocycles. The zero-order valence-electron chi connectivity index (χ0n) is 9.89. The second-order valence-electron chi connectivity index (χ2n) is 4.69. The van der Waals surface area contributed by atoms with E-state index in [1.807, 2.05) is 17.5 Å². The van der Waals surface area contributed by atoms with E-state index in [1.54, 1.807) is 11.3 Å². The second-order valence-corrected chi connectivity index (χ2v) is 5.73. The van der Waals surface area contributed by atoms with Gasteiger partial charge in [-0.25, -0.2) is 0 Å². The van der Waals surface area contributed by atoms with Gasteiger partial charge in [0, 0.05) is 18.0 Å². The molecule has 2 unspecified atom stereocenters. The Kier molecular flexibility index (Phi) is 4.57. The highest BCUT2D eigenvalue weighted by atomic mass is 32.1. The molecule has 94 valence electrons. The molecule has 1 amide bonds. The average Bonchev–Trinajstić information content (AvgIpc) is 2.96. The summed E-state index contributed by atoms with van der Waals surface area (Å²) in [5, 5.41) is 14.2. The summed E-state index contributed by atoms with van der Waals surface area (Å²) in [6, 6.07) is 3.95. The van der Waals surface area contributed by atoms with Crippen LogP contribution in [-0.4, -0.2) is 24.2 Å². The molecule has 1 fully saturated rings. The van der Waals surface area contributed by atoms with Crippen LogP contribution in [0.5, 0.6) is 0 Å². The van der Waals surface area contributed by atoms with Gasteiger partial charge in [-0.05, 0) is 36.1 Å². The molecule has 0 saturated heterocycles.